The van der Waals surface area contributed by atoms with Crippen LogP contribution in [-0.4, -0.2) is 0 Å². The normalized spacial score (nSPS) is 12.8. The summed E-state index contributed by atoms with van der Waals surface area (Å²) in [6.07, 6.45) is 0. The van der Waals surface area contributed by atoms with Gasteiger partial charge in [-0.3, -0.25) is 0 Å². The fraction of sp³-hybridized carbons (Fsp3) is 0.0909. The number of alkyl halides is 1. The molecule has 0 amide bonds. The van der Waals surface area contributed by atoms with Crippen LogP contribution in [0.15, 0.2) is 38.6 Å². The van der Waals surface area contributed by atoms with E-state index in [1.54, 1.807) is 11.3 Å². The van der Waals surface area contributed by atoms with Gasteiger partial charge in [-0.1, -0.05) is 43.5 Å². The predicted molar refractivity (Wildman–Crippen MR) is 81.9 cm³/mol. The molecule has 0 aliphatic carbocycles. The lowest BCUT2D eigenvalue weighted by Gasteiger charge is -2.09. The van der Waals surface area contributed by atoms with Crippen molar-refractivity contribution in [2.24, 2.45) is 0 Å². The van der Waals surface area contributed by atoms with Gasteiger partial charge in [-0.05, 0) is 51.8 Å². The van der Waals surface area contributed by atoms with Gasteiger partial charge in [-0.25, -0.2) is 0 Å². The molecule has 1 unspecified atom stereocenters. The summed E-state index contributed by atoms with van der Waals surface area (Å²) in [6, 6.07) is 10.1. The average molecular weight is 445 g/mol. The van der Waals surface area contributed by atoms with Gasteiger partial charge in [-0.2, -0.15) is 0 Å². The van der Waals surface area contributed by atoms with E-state index in [1.807, 2.05) is 18.2 Å². The minimum absolute atomic E-state index is 0.179. The lowest BCUT2D eigenvalue weighted by atomic mass is 10.1. The molecule has 5 heteroatoms. The van der Waals surface area contributed by atoms with Crippen LogP contribution in [0, 0.1) is 0 Å². The standard InChI is InChI=1S/C11H6Br3ClS/c12-7-3-6(4-8(15)5-7)11(14)9-1-2-10(13)16-9/h1-5,11H. The van der Waals surface area contributed by atoms with E-state index in [1.165, 1.54) is 4.88 Å². The molecule has 0 saturated carbocycles. The minimum atomic E-state index is 0.179. The molecule has 0 saturated heterocycles. The molecule has 0 aliphatic rings. The Balaban J connectivity index is 2.37. The molecule has 0 fully saturated rings. The van der Waals surface area contributed by atoms with Gasteiger partial charge in [-0.15, -0.1) is 11.3 Å². The first-order chi connectivity index (χ1) is 7.56. The maximum atomic E-state index is 6.03. The van der Waals surface area contributed by atoms with Crippen LogP contribution >= 0.6 is 70.7 Å². The third-order valence-corrected chi connectivity index (χ3v) is 5.71. The van der Waals surface area contributed by atoms with Crippen LogP contribution in [0.3, 0.4) is 0 Å². The molecule has 0 nitrogen and oxygen atoms in total. The monoisotopic (exact) mass is 442 g/mol. The second kappa shape index (κ2) is 5.53. The van der Waals surface area contributed by atoms with E-state index in [2.05, 4.69) is 59.9 Å². The highest BCUT2D eigenvalue weighted by Crippen LogP contribution is 2.38. The van der Waals surface area contributed by atoms with Crippen molar-refractivity contribution >= 4 is 70.7 Å². The van der Waals surface area contributed by atoms with Crippen molar-refractivity contribution in [1.29, 1.82) is 0 Å². The predicted octanol–water partition coefficient (Wildman–Crippen LogP) is 6.41. The van der Waals surface area contributed by atoms with E-state index in [0.29, 0.717) is 0 Å². The zero-order valence-electron chi connectivity index (χ0n) is 7.88. The third-order valence-electron chi connectivity index (χ3n) is 2.02. The zero-order chi connectivity index (χ0) is 11.7. The van der Waals surface area contributed by atoms with Crippen molar-refractivity contribution in [2.75, 3.05) is 0 Å². The fourth-order valence-corrected chi connectivity index (χ4v) is 4.36. The van der Waals surface area contributed by atoms with Crippen molar-refractivity contribution in [3.8, 4) is 0 Å². The number of hydrogen-bond acceptors (Lipinski definition) is 1. The summed E-state index contributed by atoms with van der Waals surface area (Å²) in [5.41, 5.74) is 1.15. The van der Waals surface area contributed by atoms with Gasteiger partial charge in [0.2, 0.25) is 0 Å². The van der Waals surface area contributed by atoms with E-state index in [0.717, 1.165) is 18.8 Å². The molecule has 1 heterocycles. The number of rotatable bonds is 2. The van der Waals surface area contributed by atoms with Crippen LogP contribution in [0.4, 0.5) is 0 Å². The largest absolute Gasteiger partial charge is 0.132 e. The van der Waals surface area contributed by atoms with Gasteiger partial charge < -0.3 is 0 Å². The van der Waals surface area contributed by atoms with Crippen LogP contribution in [0.5, 0.6) is 0 Å². The average Bonchev–Trinajstić information content (AvgIpc) is 2.62. The smallest absolute Gasteiger partial charge is 0.0739 e. The van der Waals surface area contributed by atoms with E-state index in [-0.39, 0.29) is 4.83 Å². The van der Waals surface area contributed by atoms with Crippen LogP contribution in [0.1, 0.15) is 15.3 Å². The Morgan fingerprint density at radius 2 is 1.88 bits per heavy atom. The van der Waals surface area contributed by atoms with Gasteiger partial charge in [0, 0.05) is 14.4 Å². The van der Waals surface area contributed by atoms with Crippen LogP contribution < -0.4 is 0 Å². The number of hydrogen-bond donors (Lipinski definition) is 0. The van der Waals surface area contributed by atoms with Crippen molar-refractivity contribution < 1.29 is 0 Å². The van der Waals surface area contributed by atoms with Crippen molar-refractivity contribution in [3.05, 3.63) is 54.1 Å². The molecular weight excluding hydrogens is 439 g/mol. The Labute approximate surface area is 128 Å². The van der Waals surface area contributed by atoms with E-state index in [4.69, 9.17) is 11.6 Å². The highest BCUT2D eigenvalue weighted by atomic mass is 79.9. The maximum absolute atomic E-state index is 6.03. The molecule has 1 aromatic heterocycles. The minimum Gasteiger partial charge on any atom is -0.132 e. The molecule has 16 heavy (non-hydrogen) atoms. The summed E-state index contributed by atoms with van der Waals surface area (Å²) in [4.78, 5) is 1.43. The zero-order valence-corrected chi connectivity index (χ0v) is 14.2. The van der Waals surface area contributed by atoms with Gasteiger partial charge in [0.15, 0.2) is 0 Å². The molecule has 0 aliphatic heterocycles. The van der Waals surface area contributed by atoms with Gasteiger partial charge in [0.05, 0.1) is 8.61 Å². The van der Waals surface area contributed by atoms with Crippen molar-refractivity contribution in [1.82, 2.24) is 0 Å². The van der Waals surface area contributed by atoms with E-state index >= 15 is 0 Å². The molecule has 2 rings (SSSR count). The molecule has 1 atom stereocenters. The van der Waals surface area contributed by atoms with Crippen molar-refractivity contribution in [2.45, 2.75) is 4.83 Å². The Morgan fingerprint density at radius 3 is 2.44 bits per heavy atom. The lowest BCUT2D eigenvalue weighted by molar-refractivity contribution is 1.22. The Hall–Kier alpha value is 0.650. The number of benzene rings is 1. The van der Waals surface area contributed by atoms with Crippen LogP contribution in [-0.2, 0) is 0 Å². The first-order valence-corrected chi connectivity index (χ1v) is 8.11. The first-order valence-electron chi connectivity index (χ1n) is 4.41. The second-order valence-electron chi connectivity index (χ2n) is 3.21. The summed E-state index contributed by atoms with van der Waals surface area (Å²) in [5.74, 6) is 0. The number of thiophene rings is 1. The molecule has 2 aromatic rings. The maximum Gasteiger partial charge on any atom is 0.0739 e. The van der Waals surface area contributed by atoms with Crippen molar-refractivity contribution in [3.63, 3.8) is 0 Å². The van der Waals surface area contributed by atoms with E-state index in [9.17, 15) is 0 Å². The quantitative estimate of drug-likeness (QED) is 0.469. The SMILES string of the molecule is Clc1cc(Br)cc(C(Br)c2ccc(Br)s2)c1. The highest BCUT2D eigenvalue weighted by Gasteiger charge is 2.13. The summed E-state index contributed by atoms with van der Waals surface area (Å²) in [5, 5.41) is 0.740. The molecule has 0 spiro atoms. The summed E-state index contributed by atoms with van der Waals surface area (Å²) >= 11 is 18.3. The number of halogens is 4. The Morgan fingerprint density at radius 1 is 1.12 bits per heavy atom. The van der Waals surface area contributed by atoms with Crippen LogP contribution in [0.25, 0.3) is 0 Å². The van der Waals surface area contributed by atoms with Gasteiger partial charge >= 0.3 is 0 Å². The molecular formula is C11H6Br3ClS. The molecule has 0 radical (unpaired) electrons. The molecule has 0 N–H and O–H groups in total. The fourth-order valence-electron chi connectivity index (χ4n) is 1.35. The van der Waals surface area contributed by atoms with Crippen LogP contribution in [0.2, 0.25) is 5.02 Å². The lowest BCUT2D eigenvalue weighted by Crippen LogP contribution is -1.89. The Kier molecular flexibility index (Phi) is 4.52. The summed E-state index contributed by atoms with van der Waals surface area (Å²) < 4.78 is 2.13. The molecule has 1 aromatic carbocycles. The second-order valence-corrected chi connectivity index (χ2v) is 7.97. The Bertz CT molecular complexity index is 489. The molecule has 0 bridgehead atoms. The highest BCUT2D eigenvalue weighted by molar-refractivity contribution is 9.11. The third kappa shape index (κ3) is 3.10. The topological polar surface area (TPSA) is 0 Å². The molecule has 84 valence electrons. The summed E-state index contributed by atoms with van der Waals surface area (Å²) in [7, 11) is 0. The first kappa shape index (κ1) is 13.1. The van der Waals surface area contributed by atoms with Gasteiger partial charge in [0.1, 0.15) is 0 Å². The van der Waals surface area contributed by atoms with Gasteiger partial charge in [0.25, 0.3) is 0 Å². The van der Waals surface area contributed by atoms with E-state index < -0.39 is 0 Å². The summed E-state index contributed by atoms with van der Waals surface area (Å²) in [6.45, 7) is 0.